The van der Waals surface area contributed by atoms with E-state index in [-0.39, 0.29) is 16.2 Å². The van der Waals surface area contributed by atoms with Crippen molar-refractivity contribution in [1.82, 2.24) is 0 Å². The summed E-state index contributed by atoms with van der Waals surface area (Å²) in [6.07, 6.45) is 0.944. The maximum Gasteiger partial charge on any atom is 0.261 e. The topological polar surface area (TPSA) is 66.5 Å². The molecule has 31 heavy (non-hydrogen) atoms. The molecule has 0 bridgehead atoms. The molecule has 0 radical (unpaired) electrons. The Morgan fingerprint density at radius 1 is 1.00 bits per heavy atom. The van der Waals surface area contributed by atoms with Gasteiger partial charge in [-0.15, -0.1) is 11.8 Å². The van der Waals surface area contributed by atoms with Crippen LogP contribution in [0.4, 0.5) is 11.4 Å². The van der Waals surface area contributed by atoms with E-state index >= 15 is 0 Å². The third kappa shape index (κ3) is 4.74. The molecule has 1 aliphatic rings. The molecule has 1 heterocycles. The number of thioether (sulfide) groups is 1. The molecule has 4 rings (SSSR count). The number of amides is 1. The first kappa shape index (κ1) is 21.7. The number of carbonyl (C=O) groups is 1. The lowest BCUT2D eigenvalue weighted by atomic mass is 10.1. The zero-order chi connectivity index (χ0) is 22.0. The van der Waals surface area contributed by atoms with Gasteiger partial charge in [-0.25, -0.2) is 8.42 Å². The average molecular weight is 473 g/mol. The normalized spacial score (nSPS) is 16.5. The SMILES string of the molecule is CCc1ccc(N2C(=O)CS[C@@H]2c2ccc(NS(=O)(=O)c3ccc(Cl)cc3)cc2)cc1. The van der Waals surface area contributed by atoms with Gasteiger partial charge in [0.1, 0.15) is 5.37 Å². The van der Waals surface area contributed by atoms with Crippen molar-refractivity contribution in [3.8, 4) is 0 Å². The van der Waals surface area contributed by atoms with E-state index in [1.165, 1.54) is 29.8 Å². The van der Waals surface area contributed by atoms with Crippen molar-refractivity contribution < 1.29 is 13.2 Å². The fraction of sp³-hybridized carbons (Fsp3) is 0.174. The third-order valence-corrected chi connectivity index (χ3v) is 7.92. The number of aryl methyl sites for hydroxylation is 1. The number of nitrogens with one attached hydrogen (secondary N) is 1. The highest BCUT2D eigenvalue weighted by Gasteiger charge is 2.34. The van der Waals surface area contributed by atoms with Crippen molar-refractivity contribution in [2.45, 2.75) is 23.6 Å². The summed E-state index contributed by atoms with van der Waals surface area (Å²) in [6, 6.07) is 21.2. The summed E-state index contributed by atoms with van der Waals surface area (Å²) in [5, 5.41) is 0.322. The molecule has 1 aliphatic heterocycles. The molecule has 1 saturated heterocycles. The Labute approximate surface area is 191 Å². The largest absolute Gasteiger partial charge is 0.295 e. The zero-order valence-electron chi connectivity index (χ0n) is 16.8. The highest BCUT2D eigenvalue weighted by Crippen LogP contribution is 2.42. The van der Waals surface area contributed by atoms with Gasteiger partial charge in [-0.2, -0.15) is 0 Å². The van der Waals surface area contributed by atoms with Gasteiger partial charge in [0, 0.05) is 16.4 Å². The van der Waals surface area contributed by atoms with E-state index in [0.717, 1.165) is 17.7 Å². The molecule has 3 aromatic rings. The first-order chi connectivity index (χ1) is 14.9. The first-order valence-corrected chi connectivity index (χ1v) is 12.7. The van der Waals surface area contributed by atoms with Gasteiger partial charge < -0.3 is 0 Å². The van der Waals surface area contributed by atoms with Crippen molar-refractivity contribution in [3.05, 3.63) is 88.9 Å². The lowest BCUT2D eigenvalue weighted by molar-refractivity contribution is -0.115. The number of sulfonamides is 1. The maximum atomic E-state index is 12.6. The predicted octanol–water partition coefficient (Wildman–Crippen LogP) is 5.48. The standard InChI is InChI=1S/C23H21ClN2O3S2/c1-2-16-3-11-20(12-4-16)26-22(27)15-30-23(26)17-5-9-19(10-6-17)25-31(28,29)21-13-7-18(24)8-14-21/h3-14,23,25H,2,15H2,1H3/t23-/m1/s1. The van der Waals surface area contributed by atoms with Gasteiger partial charge in [-0.05, 0) is 66.1 Å². The van der Waals surface area contributed by atoms with E-state index in [9.17, 15) is 13.2 Å². The number of benzene rings is 3. The highest BCUT2D eigenvalue weighted by atomic mass is 35.5. The summed E-state index contributed by atoms with van der Waals surface area (Å²) in [4.78, 5) is 14.5. The summed E-state index contributed by atoms with van der Waals surface area (Å²) in [5.41, 5.74) is 3.47. The van der Waals surface area contributed by atoms with Gasteiger partial charge in [0.2, 0.25) is 5.91 Å². The fourth-order valence-electron chi connectivity index (χ4n) is 3.39. The van der Waals surface area contributed by atoms with Crippen molar-refractivity contribution in [2.24, 2.45) is 0 Å². The number of rotatable bonds is 6. The Kier molecular flexibility index (Phi) is 6.27. The van der Waals surface area contributed by atoms with Crippen molar-refractivity contribution in [1.29, 1.82) is 0 Å². The minimum absolute atomic E-state index is 0.0618. The number of carbonyl (C=O) groups excluding carboxylic acids is 1. The van der Waals surface area contributed by atoms with E-state index in [4.69, 9.17) is 11.6 Å². The molecule has 1 N–H and O–H groups in total. The fourth-order valence-corrected chi connectivity index (χ4v) is 5.75. The van der Waals surface area contributed by atoms with Crippen LogP contribution in [0.1, 0.15) is 23.4 Å². The third-order valence-electron chi connectivity index (χ3n) is 5.06. The lowest BCUT2D eigenvalue weighted by Crippen LogP contribution is -2.27. The van der Waals surface area contributed by atoms with Gasteiger partial charge in [-0.1, -0.05) is 42.8 Å². The molecular weight excluding hydrogens is 452 g/mol. The second-order valence-corrected chi connectivity index (χ2v) is 10.3. The molecule has 160 valence electrons. The molecule has 0 unspecified atom stereocenters. The highest BCUT2D eigenvalue weighted by molar-refractivity contribution is 8.00. The number of anilines is 2. The predicted molar refractivity (Wildman–Crippen MR) is 127 cm³/mol. The summed E-state index contributed by atoms with van der Waals surface area (Å²) < 4.78 is 27.7. The summed E-state index contributed by atoms with van der Waals surface area (Å²) >= 11 is 7.40. The Balaban J connectivity index is 1.54. The Hall–Kier alpha value is -2.48. The minimum atomic E-state index is -3.71. The monoisotopic (exact) mass is 472 g/mol. The lowest BCUT2D eigenvalue weighted by Gasteiger charge is -2.24. The van der Waals surface area contributed by atoms with Crippen molar-refractivity contribution in [2.75, 3.05) is 15.4 Å². The Bertz CT molecular complexity index is 1180. The van der Waals surface area contributed by atoms with Gasteiger partial charge in [0.05, 0.1) is 10.6 Å². The summed E-state index contributed by atoms with van der Waals surface area (Å²) in [5.74, 6) is 0.470. The smallest absolute Gasteiger partial charge is 0.261 e. The molecule has 8 heteroatoms. The van der Waals surface area contributed by atoms with Gasteiger partial charge in [0.15, 0.2) is 0 Å². The molecule has 3 aromatic carbocycles. The van der Waals surface area contributed by atoms with Crippen LogP contribution in [0, 0.1) is 0 Å². The molecule has 0 aromatic heterocycles. The van der Waals surface area contributed by atoms with E-state index < -0.39 is 10.0 Å². The van der Waals surface area contributed by atoms with Crippen LogP contribution >= 0.6 is 23.4 Å². The molecular formula is C23H21ClN2O3S2. The van der Waals surface area contributed by atoms with Crippen LogP contribution in [-0.4, -0.2) is 20.1 Å². The summed E-state index contributed by atoms with van der Waals surface area (Å²) in [7, 11) is -3.71. The van der Waals surface area contributed by atoms with Crippen molar-refractivity contribution in [3.63, 3.8) is 0 Å². The summed E-state index contributed by atoms with van der Waals surface area (Å²) in [6.45, 7) is 2.09. The zero-order valence-corrected chi connectivity index (χ0v) is 19.2. The first-order valence-electron chi connectivity index (χ1n) is 9.78. The number of halogens is 1. The van der Waals surface area contributed by atoms with Crippen LogP contribution in [0.15, 0.2) is 77.7 Å². The minimum Gasteiger partial charge on any atom is -0.295 e. The van der Waals surface area contributed by atoms with Crippen LogP contribution in [-0.2, 0) is 21.2 Å². The van der Waals surface area contributed by atoms with E-state index in [1.807, 2.05) is 36.4 Å². The molecule has 0 saturated carbocycles. The number of nitrogens with zero attached hydrogens (tertiary/aromatic N) is 1. The Morgan fingerprint density at radius 3 is 2.26 bits per heavy atom. The van der Waals surface area contributed by atoms with Crippen LogP contribution in [0.25, 0.3) is 0 Å². The number of hydrogen-bond donors (Lipinski definition) is 1. The quantitative estimate of drug-likeness (QED) is 0.515. The van der Waals surface area contributed by atoms with Crippen LogP contribution in [0.5, 0.6) is 0 Å². The van der Waals surface area contributed by atoms with E-state index in [1.54, 1.807) is 28.8 Å². The maximum absolute atomic E-state index is 12.6. The van der Waals surface area contributed by atoms with E-state index in [2.05, 4.69) is 11.6 Å². The van der Waals surface area contributed by atoms with Crippen LogP contribution in [0.2, 0.25) is 5.02 Å². The molecule has 1 amide bonds. The van der Waals surface area contributed by atoms with E-state index in [0.29, 0.717) is 16.5 Å². The second kappa shape index (κ2) is 8.94. The molecule has 5 nitrogen and oxygen atoms in total. The van der Waals surface area contributed by atoms with Crippen LogP contribution in [0.3, 0.4) is 0 Å². The van der Waals surface area contributed by atoms with Crippen molar-refractivity contribution >= 4 is 50.7 Å². The van der Waals surface area contributed by atoms with Gasteiger partial charge >= 0.3 is 0 Å². The molecule has 0 spiro atoms. The molecule has 0 aliphatic carbocycles. The average Bonchev–Trinajstić information content (AvgIpc) is 3.16. The van der Waals surface area contributed by atoms with Crippen LogP contribution < -0.4 is 9.62 Å². The number of hydrogen-bond acceptors (Lipinski definition) is 4. The van der Waals surface area contributed by atoms with Gasteiger partial charge in [0.25, 0.3) is 10.0 Å². The molecule has 1 atom stereocenters. The Morgan fingerprint density at radius 2 is 1.65 bits per heavy atom. The molecule has 1 fully saturated rings. The van der Waals surface area contributed by atoms with Gasteiger partial charge in [-0.3, -0.25) is 14.4 Å². The second-order valence-electron chi connectivity index (χ2n) is 7.13.